The zero-order chi connectivity index (χ0) is 21.1. The van der Waals surface area contributed by atoms with Crippen LogP contribution in [0, 0.1) is 19.8 Å². The minimum Gasteiger partial charge on any atom is -0.342 e. The van der Waals surface area contributed by atoms with Crippen LogP contribution in [0.3, 0.4) is 0 Å². The normalized spacial score (nSPS) is 16.5. The highest BCUT2D eigenvalue weighted by Gasteiger charge is 2.28. The van der Waals surface area contributed by atoms with E-state index in [4.69, 9.17) is 0 Å². The number of hydrogen-bond donors (Lipinski definition) is 1. The molecule has 1 saturated heterocycles. The molecule has 4 rings (SSSR count). The van der Waals surface area contributed by atoms with Gasteiger partial charge in [0.2, 0.25) is 11.8 Å². The Morgan fingerprint density at radius 3 is 2.70 bits per heavy atom. The van der Waals surface area contributed by atoms with Crippen LogP contribution in [0.2, 0.25) is 0 Å². The van der Waals surface area contributed by atoms with Gasteiger partial charge in [-0.05, 0) is 60.2 Å². The van der Waals surface area contributed by atoms with Gasteiger partial charge in [-0.2, -0.15) is 0 Å². The summed E-state index contributed by atoms with van der Waals surface area (Å²) in [6.45, 7) is 5.22. The summed E-state index contributed by atoms with van der Waals surface area (Å²) in [5.74, 6) is -0.0721. The average molecular weight is 401 g/mol. The second kappa shape index (κ2) is 8.70. The van der Waals surface area contributed by atoms with Crippen molar-refractivity contribution < 1.29 is 9.59 Å². The monoisotopic (exact) mass is 400 g/mol. The summed E-state index contributed by atoms with van der Waals surface area (Å²) in [6.07, 6.45) is 2.04. The Morgan fingerprint density at radius 1 is 1.03 bits per heavy atom. The van der Waals surface area contributed by atoms with Crippen molar-refractivity contribution in [3.63, 3.8) is 0 Å². The molecule has 2 amide bonds. The van der Waals surface area contributed by atoms with Gasteiger partial charge < -0.3 is 10.2 Å². The van der Waals surface area contributed by atoms with Gasteiger partial charge in [-0.15, -0.1) is 0 Å². The van der Waals surface area contributed by atoms with Crippen molar-refractivity contribution in [1.82, 2.24) is 4.90 Å². The minimum atomic E-state index is -0.171. The second-order valence-corrected chi connectivity index (χ2v) is 8.30. The predicted octanol–water partition coefficient (Wildman–Crippen LogP) is 4.88. The lowest BCUT2D eigenvalue weighted by atomic mass is 9.95. The van der Waals surface area contributed by atoms with Crippen LogP contribution < -0.4 is 5.32 Å². The standard InChI is InChI=1S/C26H28N2O2/c1-18-12-13-19(2)24(15-18)27-26(30)22-10-6-14-28(17-22)25(29)16-21-9-5-8-20-7-3-4-11-23(20)21/h3-5,7-9,11-13,15,22H,6,10,14,16-17H2,1-2H3,(H,27,30)/t22-/m1/s1. The van der Waals surface area contributed by atoms with Gasteiger partial charge in [-0.3, -0.25) is 9.59 Å². The molecule has 1 fully saturated rings. The van der Waals surface area contributed by atoms with E-state index in [0.717, 1.165) is 52.5 Å². The lowest BCUT2D eigenvalue weighted by Gasteiger charge is -2.32. The molecule has 4 heteroatoms. The smallest absolute Gasteiger partial charge is 0.229 e. The Labute approximate surface area is 177 Å². The largest absolute Gasteiger partial charge is 0.342 e. The molecular formula is C26H28N2O2. The third kappa shape index (κ3) is 4.38. The predicted molar refractivity (Wildman–Crippen MR) is 122 cm³/mol. The van der Waals surface area contributed by atoms with Crippen LogP contribution in [0.1, 0.15) is 29.5 Å². The van der Waals surface area contributed by atoms with E-state index in [1.165, 1.54) is 0 Å². The maximum absolute atomic E-state index is 13.0. The summed E-state index contributed by atoms with van der Waals surface area (Å²) in [4.78, 5) is 27.8. The maximum atomic E-state index is 13.0. The lowest BCUT2D eigenvalue weighted by Crippen LogP contribution is -2.44. The SMILES string of the molecule is Cc1ccc(C)c(NC(=O)[C@@H]2CCCN(C(=O)Cc3cccc4ccccc34)C2)c1. The topological polar surface area (TPSA) is 49.4 Å². The van der Waals surface area contributed by atoms with E-state index in [9.17, 15) is 9.59 Å². The van der Waals surface area contributed by atoms with Crippen molar-refractivity contribution in [3.05, 3.63) is 77.4 Å². The molecule has 3 aromatic rings. The molecule has 0 saturated carbocycles. The molecule has 154 valence electrons. The number of nitrogens with one attached hydrogen (secondary N) is 1. The number of amides is 2. The van der Waals surface area contributed by atoms with Gasteiger partial charge in [-0.1, -0.05) is 54.6 Å². The van der Waals surface area contributed by atoms with Crippen molar-refractivity contribution in [2.45, 2.75) is 33.1 Å². The van der Waals surface area contributed by atoms with E-state index in [1.807, 2.05) is 61.2 Å². The van der Waals surface area contributed by atoms with Gasteiger partial charge in [0.15, 0.2) is 0 Å². The molecule has 0 spiro atoms. The van der Waals surface area contributed by atoms with E-state index in [0.29, 0.717) is 13.0 Å². The molecule has 1 aliphatic rings. The molecule has 1 N–H and O–H groups in total. The molecule has 0 aliphatic carbocycles. The van der Waals surface area contributed by atoms with Crippen LogP contribution in [-0.4, -0.2) is 29.8 Å². The molecule has 3 aromatic carbocycles. The number of nitrogens with zero attached hydrogens (tertiary/aromatic N) is 1. The number of hydrogen-bond acceptors (Lipinski definition) is 2. The van der Waals surface area contributed by atoms with Crippen molar-refractivity contribution >= 4 is 28.3 Å². The van der Waals surface area contributed by atoms with Crippen LogP contribution in [0.5, 0.6) is 0 Å². The quantitative estimate of drug-likeness (QED) is 0.679. The van der Waals surface area contributed by atoms with Gasteiger partial charge in [0.25, 0.3) is 0 Å². The number of benzene rings is 3. The number of anilines is 1. The second-order valence-electron chi connectivity index (χ2n) is 8.30. The number of carbonyl (C=O) groups excluding carboxylic acids is 2. The fraction of sp³-hybridized carbons (Fsp3) is 0.308. The Hall–Kier alpha value is -3.14. The third-order valence-corrected chi connectivity index (χ3v) is 6.02. The molecule has 1 aliphatic heterocycles. The van der Waals surface area contributed by atoms with Crippen LogP contribution in [0.25, 0.3) is 10.8 Å². The van der Waals surface area contributed by atoms with Crippen molar-refractivity contribution in [2.75, 3.05) is 18.4 Å². The van der Waals surface area contributed by atoms with Crippen LogP contribution >= 0.6 is 0 Å². The molecule has 1 heterocycles. The third-order valence-electron chi connectivity index (χ3n) is 6.02. The Balaban J connectivity index is 1.43. The summed E-state index contributed by atoms with van der Waals surface area (Å²) in [5, 5.41) is 5.34. The number of fused-ring (bicyclic) bond motifs is 1. The molecule has 0 unspecified atom stereocenters. The Kier molecular flexibility index (Phi) is 5.84. The number of aryl methyl sites for hydroxylation is 2. The van der Waals surface area contributed by atoms with Crippen LogP contribution in [0.4, 0.5) is 5.69 Å². The maximum Gasteiger partial charge on any atom is 0.229 e. The van der Waals surface area contributed by atoms with Crippen LogP contribution in [-0.2, 0) is 16.0 Å². The highest BCUT2D eigenvalue weighted by molar-refractivity contribution is 5.94. The summed E-state index contributed by atoms with van der Waals surface area (Å²) in [5.41, 5.74) is 4.07. The molecule has 0 aromatic heterocycles. The zero-order valence-corrected chi connectivity index (χ0v) is 17.7. The number of likely N-dealkylation sites (tertiary alicyclic amines) is 1. The van der Waals surface area contributed by atoms with E-state index in [1.54, 1.807) is 0 Å². The van der Waals surface area contributed by atoms with E-state index in [-0.39, 0.29) is 17.7 Å². The first-order valence-electron chi connectivity index (χ1n) is 10.6. The molecule has 0 radical (unpaired) electrons. The number of carbonyl (C=O) groups is 2. The summed E-state index contributed by atoms with van der Waals surface area (Å²) in [6, 6.07) is 20.3. The molecule has 1 atom stereocenters. The number of rotatable bonds is 4. The van der Waals surface area contributed by atoms with Crippen LogP contribution in [0.15, 0.2) is 60.7 Å². The highest BCUT2D eigenvalue weighted by atomic mass is 16.2. The van der Waals surface area contributed by atoms with E-state index < -0.39 is 0 Å². The minimum absolute atomic E-state index is 0.00589. The zero-order valence-electron chi connectivity index (χ0n) is 17.7. The Morgan fingerprint density at radius 2 is 1.83 bits per heavy atom. The first-order valence-corrected chi connectivity index (χ1v) is 10.6. The number of piperidine rings is 1. The summed E-state index contributed by atoms with van der Waals surface area (Å²) in [7, 11) is 0. The fourth-order valence-electron chi connectivity index (χ4n) is 4.24. The summed E-state index contributed by atoms with van der Waals surface area (Å²) < 4.78 is 0. The van der Waals surface area contributed by atoms with Crippen molar-refractivity contribution in [1.29, 1.82) is 0 Å². The fourth-order valence-corrected chi connectivity index (χ4v) is 4.24. The van der Waals surface area contributed by atoms with E-state index >= 15 is 0 Å². The Bertz CT molecular complexity index is 1080. The van der Waals surface area contributed by atoms with E-state index in [2.05, 4.69) is 23.5 Å². The van der Waals surface area contributed by atoms with Gasteiger partial charge in [-0.25, -0.2) is 0 Å². The van der Waals surface area contributed by atoms with Crippen molar-refractivity contribution in [2.24, 2.45) is 5.92 Å². The van der Waals surface area contributed by atoms with Gasteiger partial charge in [0.05, 0.1) is 12.3 Å². The first kappa shape index (κ1) is 20.1. The first-order chi connectivity index (χ1) is 14.5. The molecule has 4 nitrogen and oxygen atoms in total. The van der Waals surface area contributed by atoms with Gasteiger partial charge >= 0.3 is 0 Å². The van der Waals surface area contributed by atoms with Gasteiger partial charge in [0.1, 0.15) is 0 Å². The van der Waals surface area contributed by atoms with Crippen molar-refractivity contribution in [3.8, 4) is 0 Å². The highest BCUT2D eigenvalue weighted by Crippen LogP contribution is 2.24. The molecule has 0 bridgehead atoms. The average Bonchev–Trinajstić information content (AvgIpc) is 2.76. The van der Waals surface area contributed by atoms with Gasteiger partial charge in [0, 0.05) is 18.8 Å². The molecular weight excluding hydrogens is 372 g/mol. The lowest BCUT2D eigenvalue weighted by molar-refractivity contribution is -0.133. The molecule has 30 heavy (non-hydrogen) atoms. The summed E-state index contributed by atoms with van der Waals surface area (Å²) >= 11 is 0.